The van der Waals surface area contributed by atoms with Crippen LogP contribution in [-0.2, 0) is 19.4 Å². The summed E-state index contributed by atoms with van der Waals surface area (Å²) >= 11 is 1.75. The number of hydrogen-bond donors (Lipinski definition) is 1. The Morgan fingerprint density at radius 2 is 2.03 bits per heavy atom. The highest BCUT2D eigenvalue weighted by Crippen LogP contribution is 2.41. The molecular weight excluding hydrogens is 406 g/mol. The number of aromatic nitrogens is 2. The topological polar surface area (TPSA) is 64.1 Å². The molecule has 1 atom stereocenters. The van der Waals surface area contributed by atoms with Crippen LogP contribution in [0.1, 0.15) is 39.7 Å². The van der Waals surface area contributed by atoms with E-state index in [9.17, 15) is 4.79 Å². The van der Waals surface area contributed by atoms with Crippen molar-refractivity contribution in [2.45, 2.75) is 32.7 Å². The molecule has 0 fully saturated rings. The summed E-state index contributed by atoms with van der Waals surface area (Å²) in [6.07, 6.45) is 4.85. The van der Waals surface area contributed by atoms with Crippen LogP contribution >= 0.6 is 11.3 Å². The van der Waals surface area contributed by atoms with Gasteiger partial charge in [0.15, 0.2) is 0 Å². The number of fused-ring (bicyclic) bond motifs is 3. The molecule has 2 aromatic heterocycles. The maximum Gasteiger partial charge on any atom is 0.251 e. The van der Waals surface area contributed by atoms with Gasteiger partial charge >= 0.3 is 0 Å². The Bertz CT molecular complexity index is 1240. The van der Waals surface area contributed by atoms with Gasteiger partial charge in [0.2, 0.25) is 5.88 Å². The summed E-state index contributed by atoms with van der Waals surface area (Å²) in [6.45, 7) is 2.78. The smallest absolute Gasteiger partial charge is 0.251 e. The molecule has 0 spiro atoms. The Labute approximate surface area is 185 Å². The lowest BCUT2D eigenvalue weighted by Crippen LogP contribution is -2.22. The van der Waals surface area contributed by atoms with Crippen LogP contribution in [0.25, 0.3) is 10.2 Å². The predicted octanol–water partition coefficient (Wildman–Crippen LogP) is 5.54. The second kappa shape index (κ2) is 8.47. The van der Waals surface area contributed by atoms with E-state index in [0.29, 0.717) is 29.7 Å². The summed E-state index contributed by atoms with van der Waals surface area (Å²) in [5.41, 5.74) is 2.94. The standard InChI is InChI=1S/C25H23N3O2S/c1-16-10-11-20-21(12-16)31-25-22(20)24(27-15-28-25)30-19-9-5-8-18(13-19)23(29)26-14-17-6-3-2-4-7-17/h2-9,13,15-16H,10-12,14H2,1H3,(H,26,29)/t16-/m0/s1. The average molecular weight is 430 g/mol. The van der Waals surface area contributed by atoms with Crippen molar-refractivity contribution in [2.24, 2.45) is 5.92 Å². The van der Waals surface area contributed by atoms with E-state index in [4.69, 9.17) is 4.74 Å². The minimum Gasteiger partial charge on any atom is -0.438 e. The van der Waals surface area contributed by atoms with Crippen LogP contribution in [0.15, 0.2) is 60.9 Å². The molecule has 0 radical (unpaired) electrons. The molecular formula is C25H23N3O2S. The van der Waals surface area contributed by atoms with Crippen LogP contribution in [0.3, 0.4) is 0 Å². The number of amides is 1. The first-order chi connectivity index (χ1) is 15.2. The van der Waals surface area contributed by atoms with Crippen molar-refractivity contribution in [2.75, 3.05) is 0 Å². The second-order valence-electron chi connectivity index (χ2n) is 8.01. The normalized spacial score (nSPS) is 15.5. The van der Waals surface area contributed by atoms with Gasteiger partial charge in [0.1, 0.15) is 16.9 Å². The van der Waals surface area contributed by atoms with Gasteiger partial charge in [0.05, 0.1) is 5.39 Å². The number of aryl methyl sites for hydroxylation is 1. The third kappa shape index (κ3) is 4.16. The summed E-state index contributed by atoms with van der Waals surface area (Å²) in [5, 5.41) is 3.98. The van der Waals surface area contributed by atoms with Crippen molar-refractivity contribution in [3.8, 4) is 11.6 Å². The van der Waals surface area contributed by atoms with E-state index < -0.39 is 0 Å². The molecule has 1 aliphatic rings. The predicted molar refractivity (Wildman–Crippen MR) is 123 cm³/mol. The molecule has 1 N–H and O–H groups in total. The minimum absolute atomic E-state index is 0.135. The number of ether oxygens (including phenoxy) is 1. The van der Waals surface area contributed by atoms with Gasteiger partial charge in [-0.05, 0) is 54.5 Å². The maximum atomic E-state index is 12.6. The molecule has 0 aliphatic heterocycles. The number of nitrogens with zero attached hydrogens (tertiary/aromatic N) is 2. The number of carbonyl (C=O) groups excluding carboxylic acids is 1. The maximum absolute atomic E-state index is 12.6. The summed E-state index contributed by atoms with van der Waals surface area (Å²) in [7, 11) is 0. The Kier molecular flexibility index (Phi) is 5.38. The molecule has 5 rings (SSSR count). The monoisotopic (exact) mass is 429 g/mol. The van der Waals surface area contributed by atoms with Crippen LogP contribution < -0.4 is 10.1 Å². The third-order valence-corrected chi connectivity index (χ3v) is 6.83. The van der Waals surface area contributed by atoms with Crippen molar-refractivity contribution >= 4 is 27.5 Å². The Morgan fingerprint density at radius 1 is 1.16 bits per heavy atom. The molecule has 6 heteroatoms. The van der Waals surface area contributed by atoms with Crippen molar-refractivity contribution in [1.82, 2.24) is 15.3 Å². The molecule has 2 aromatic carbocycles. The van der Waals surface area contributed by atoms with Gasteiger partial charge in [0.25, 0.3) is 5.91 Å². The van der Waals surface area contributed by atoms with Crippen molar-refractivity contribution in [3.63, 3.8) is 0 Å². The molecule has 0 saturated heterocycles. The van der Waals surface area contributed by atoms with Gasteiger partial charge in [-0.25, -0.2) is 9.97 Å². The van der Waals surface area contributed by atoms with E-state index >= 15 is 0 Å². The zero-order valence-corrected chi connectivity index (χ0v) is 18.1. The molecule has 1 amide bonds. The summed E-state index contributed by atoms with van der Waals surface area (Å²) in [4.78, 5) is 23.9. The molecule has 4 aromatic rings. The average Bonchev–Trinajstić information content (AvgIpc) is 3.17. The van der Waals surface area contributed by atoms with Crippen LogP contribution in [0, 0.1) is 5.92 Å². The Balaban J connectivity index is 1.37. The highest BCUT2D eigenvalue weighted by Gasteiger charge is 2.24. The van der Waals surface area contributed by atoms with E-state index in [1.54, 1.807) is 29.8 Å². The first-order valence-electron chi connectivity index (χ1n) is 10.5. The molecule has 2 heterocycles. The van der Waals surface area contributed by atoms with Gasteiger partial charge in [-0.2, -0.15) is 0 Å². The first-order valence-corrected chi connectivity index (χ1v) is 11.3. The van der Waals surface area contributed by atoms with Gasteiger partial charge in [-0.1, -0.05) is 43.3 Å². The number of thiophene rings is 1. The fraction of sp³-hybridized carbons (Fsp3) is 0.240. The highest BCUT2D eigenvalue weighted by atomic mass is 32.1. The minimum atomic E-state index is -0.135. The number of carbonyl (C=O) groups is 1. The van der Waals surface area contributed by atoms with E-state index in [-0.39, 0.29) is 5.91 Å². The lowest BCUT2D eigenvalue weighted by molar-refractivity contribution is 0.0950. The van der Waals surface area contributed by atoms with E-state index in [1.165, 1.54) is 16.9 Å². The second-order valence-corrected chi connectivity index (χ2v) is 9.09. The van der Waals surface area contributed by atoms with Gasteiger partial charge in [-0.15, -0.1) is 11.3 Å². The van der Waals surface area contributed by atoms with Crippen molar-refractivity contribution in [1.29, 1.82) is 0 Å². The van der Waals surface area contributed by atoms with Crippen LogP contribution in [-0.4, -0.2) is 15.9 Å². The fourth-order valence-corrected chi connectivity index (χ4v) is 5.36. The number of hydrogen-bond acceptors (Lipinski definition) is 5. The zero-order chi connectivity index (χ0) is 21.2. The third-order valence-electron chi connectivity index (χ3n) is 5.66. The molecule has 31 heavy (non-hydrogen) atoms. The summed E-state index contributed by atoms with van der Waals surface area (Å²) in [6, 6.07) is 17.1. The van der Waals surface area contributed by atoms with Gasteiger partial charge in [0, 0.05) is 17.0 Å². The van der Waals surface area contributed by atoms with Crippen molar-refractivity contribution in [3.05, 3.63) is 82.5 Å². The quantitative estimate of drug-likeness (QED) is 0.452. The van der Waals surface area contributed by atoms with Gasteiger partial charge in [-0.3, -0.25) is 4.79 Å². The molecule has 0 unspecified atom stereocenters. The molecule has 156 valence electrons. The van der Waals surface area contributed by atoms with E-state index in [0.717, 1.165) is 28.6 Å². The largest absolute Gasteiger partial charge is 0.438 e. The first kappa shape index (κ1) is 19.7. The number of nitrogens with one attached hydrogen (secondary N) is 1. The van der Waals surface area contributed by atoms with E-state index in [1.807, 2.05) is 42.5 Å². The lowest BCUT2D eigenvalue weighted by Gasteiger charge is -2.18. The summed E-state index contributed by atoms with van der Waals surface area (Å²) < 4.78 is 6.17. The Morgan fingerprint density at radius 3 is 2.90 bits per heavy atom. The zero-order valence-electron chi connectivity index (χ0n) is 17.3. The van der Waals surface area contributed by atoms with Gasteiger partial charge < -0.3 is 10.1 Å². The highest BCUT2D eigenvalue weighted by molar-refractivity contribution is 7.18. The SMILES string of the molecule is C[C@H]1CCc2c(sc3ncnc(Oc4cccc(C(=O)NCc5ccccc5)c4)c23)C1. The Hall–Kier alpha value is -3.25. The molecule has 1 aliphatic carbocycles. The molecule has 5 nitrogen and oxygen atoms in total. The van der Waals surface area contributed by atoms with E-state index in [2.05, 4.69) is 22.2 Å². The lowest BCUT2D eigenvalue weighted by atomic mass is 9.89. The summed E-state index contributed by atoms with van der Waals surface area (Å²) in [5.74, 6) is 1.73. The van der Waals surface area contributed by atoms with Crippen LogP contribution in [0.5, 0.6) is 11.6 Å². The number of benzene rings is 2. The number of rotatable bonds is 5. The molecule has 0 saturated carbocycles. The van der Waals surface area contributed by atoms with Crippen molar-refractivity contribution < 1.29 is 9.53 Å². The van der Waals surface area contributed by atoms with Crippen LogP contribution in [0.4, 0.5) is 0 Å². The van der Waals surface area contributed by atoms with Crippen LogP contribution in [0.2, 0.25) is 0 Å². The molecule has 0 bridgehead atoms. The fourth-order valence-electron chi connectivity index (χ4n) is 4.02.